The molecule has 2 atom stereocenters. The molecule has 2 fully saturated rings. The van der Waals surface area contributed by atoms with Crippen LogP contribution in [0.4, 0.5) is 0 Å². The molecule has 0 spiro atoms. The Kier molecular flexibility index (Phi) is 1.90. The van der Waals surface area contributed by atoms with E-state index < -0.39 is 0 Å². The molecule has 2 unspecified atom stereocenters. The van der Waals surface area contributed by atoms with Gasteiger partial charge in [-0.3, -0.25) is 0 Å². The van der Waals surface area contributed by atoms with Gasteiger partial charge < -0.3 is 14.4 Å². The molecule has 0 aliphatic carbocycles. The Hall–Kier alpha value is -0.120. The van der Waals surface area contributed by atoms with Crippen LogP contribution in [0, 0.1) is 0 Å². The summed E-state index contributed by atoms with van der Waals surface area (Å²) in [5.74, 6) is -0.361. The van der Waals surface area contributed by atoms with Crippen molar-refractivity contribution in [1.29, 1.82) is 0 Å². The van der Waals surface area contributed by atoms with Crippen molar-refractivity contribution in [3.8, 4) is 0 Å². The maximum absolute atomic E-state index is 5.76. The van der Waals surface area contributed by atoms with E-state index in [0.29, 0.717) is 12.2 Å². The molecule has 2 rings (SSSR count). The summed E-state index contributed by atoms with van der Waals surface area (Å²) in [6.07, 6.45) is 1.72. The normalized spacial score (nSPS) is 41.2. The molecule has 2 saturated heterocycles. The second-order valence-corrected chi connectivity index (χ2v) is 4.26. The first-order valence-electron chi connectivity index (χ1n) is 4.61. The Morgan fingerprint density at radius 2 is 1.92 bits per heavy atom. The third-order valence-corrected chi connectivity index (χ3v) is 2.57. The highest BCUT2D eigenvalue weighted by Crippen LogP contribution is 2.32. The number of likely N-dealkylation sites (tertiary alicyclic amines) is 1. The highest BCUT2D eigenvalue weighted by molar-refractivity contribution is 4.87. The Morgan fingerprint density at radius 1 is 1.25 bits per heavy atom. The topological polar surface area (TPSA) is 21.7 Å². The third-order valence-electron chi connectivity index (χ3n) is 2.57. The monoisotopic (exact) mass is 171 g/mol. The van der Waals surface area contributed by atoms with Crippen LogP contribution in [0.1, 0.15) is 20.3 Å². The smallest absolute Gasteiger partial charge is 0.163 e. The molecular weight excluding hydrogens is 154 g/mol. The number of ether oxygens (including phenoxy) is 2. The maximum atomic E-state index is 5.76. The molecule has 2 aliphatic rings. The van der Waals surface area contributed by atoms with E-state index in [-0.39, 0.29) is 5.79 Å². The molecule has 0 N–H and O–H groups in total. The lowest BCUT2D eigenvalue weighted by atomic mass is 10.1. The number of likely N-dealkylation sites (N-methyl/N-ethyl adjacent to an activating group) is 1. The van der Waals surface area contributed by atoms with E-state index in [1.54, 1.807) is 0 Å². The maximum Gasteiger partial charge on any atom is 0.163 e. The summed E-state index contributed by atoms with van der Waals surface area (Å²) < 4.78 is 11.5. The molecule has 2 aliphatic heterocycles. The molecule has 0 amide bonds. The zero-order valence-electron chi connectivity index (χ0n) is 8.04. The van der Waals surface area contributed by atoms with Crippen molar-refractivity contribution in [1.82, 2.24) is 4.90 Å². The molecular formula is C9H17NO2. The Labute approximate surface area is 73.6 Å². The minimum Gasteiger partial charge on any atom is -0.344 e. The van der Waals surface area contributed by atoms with Crippen LogP contribution in [0.3, 0.4) is 0 Å². The van der Waals surface area contributed by atoms with Gasteiger partial charge in [0.25, 0.3) is 0 Å². The van der Waals surface area contributed by atoms with Crippen molar-refractivity contribution in [2.24, 2.45) is 0 Å². The number of nitrogens with zero attached hydrogens (tertiary/aromatic N) is 1. The van der Waals surface area contributed by atoms with E-state index >= 15 is 0 Å². The van der Waals surface area contributed by atoms with Crippen molar-refractivity contribution >= 4 is 0 Å². The lowest BCUT2D eigenvalue weighted by molar-refractivity contribution is -0.145. The highest BCUT2D eigenvalue weighted by atomic mass is 16.8. The molecule has 12 heavy (non-hydrogen) atoms. The van der Waals surface area contributed by atoms with Crippen LogP contribution in [0.15, 0.2) is 0 Å². The number of piperidine rings is 1. The Morgan fingerprint density at radius 3 is 2.67 bits per heavy atom. The van der Waals surface area contributed by atoms with E-state index in [1.807, 2.05) is 13.8 Å². The van der Waals surface area contributed by atoms with Crippen LogP contribution < -0.4 is 0 Å². The lowest BCUT2D eigenvalue weighted by Crippen LogP contribution is -2.43. The highest BCUT2D eigenvalue weighted by Gasteiger charge is 2.43. The number of hydrogen-bond donors (Lipinski definition) is 0. The van der Waals surface area contributed by atoms with Gasteiger partial charge in [-0.1, -0.05) is 0 Å². The van der Waals surface area contributed by atoms with Gasteiger partial charge in [0.15, 0.2) is 5.79 Å². The first-order chi connectivity index (χ1) is 5.57. The molecule has 0 bridgehead atoms. The van der Waals surface area contributed by atoms with Gasteiger partial charge in [-0.25, -0.2) is 0 Å². The molecule has 3 nitrogen and oxygen atoms in total. The molecule has 2 heterocycles. The average molecular weight is 171 g/mol. The molecule has 0 saturated carbocycles. The van der Waals surface area contributed by atoms with Gasteiger partial charge in [0.2, 0.25) is 0 Å². The first-order valence-corrected chi connectivity index (χ1v) is 4.61. The zero-order valence-corrected chi connectivity index (χ0v) is 8.04. The average Bonchev–Trinajstić information content (AvgIpc) is 2.21. The molecule has 0 aromatic rings. The fourth-order valence-electron chi connectivity index (χ4n) is 2.05. The number of hydrogen-bond acceptors (Lipinski definition) is 3. The summed E-state index contributed by atoms with van der Waals surface area (Å²) in [4.78, 5) is 2.30. The summed E-state index contributed by atoms with van der Waals surface area (Å²) in [7, 11) is 2.13. The predicted octanol–water partition coefficient (Wildman–Crippen LogP) is 0.842. The number of fused-ring (bicyclic) bond motifs is 1. The third kappa shape index (κ3) is 1.49. The molecule has 70 valence electrons. The molecule has 3 heteroatoms. The van der Waals surface area contributed by atoms with Crippen molar-refractivity contribution in [3.63, 3.8) is 0 Å². The van der Waals surface area contributed by atoms with Gasteiger partial charge in [-0.15, -0.1) is 0 Å². The Bertz CT molecular complexity index is 181. The Balaban J connectivity index is 2.02. The van der Waals surface area contributed by atoms with Gasteiger partial charge >= 0.3 is 0 Å². The van der Waals surface area contributed by atoms with Crippen LogP contribution in [0.25, 0.3) is 0 Å². The minimum absolute atomic E-state index is 0.291. The van der Waals surface area contributed by atoms with Gasteiger partial charge in [-0.05, 0) is 27.3 Å². The zero-order chi connectivity index (χ0) is 8.77. The first kappa shape index (κ1) is 8.48. The van der Waals surface area contributed by atoms with Crippen molar-refractivity contribution in [2.75, 3.05) is 20.1 Å². The van der Waals surface area contributed by atoms with E-state index in [2.05, 4.69) is 11.9 Å². The van der Waals surface area contributed by atoms with Crippen LogP contribution >= 0.6 is 0 Å². The fourth-order valence-corrected chi connectivity index (χ4v) is 2.05. The quantitative estimate of drug-likeness (QED) is 0.539. The second-order valence-electron chi connectivity index (χ2n) is 4.26. The summed E-state index contributed by atoms with van der Waals surface area (Å²) in [6.45, 7) is 6.12. The van der Waals surface area contributed by atoms with Gasteiger partial charge in [0.05, 0.1) is 12.2 Å². The fraction of sp³-hybridized carbons (Fsp3) is 1.00. The largest absolute Gasteiger partial charge is 0.344 e. The predicted molar refractivity (Wildman–Crippen MR) is 45.9 cm³/mol. The van der Waals surface area contributed by atoms with E-state index in [4.69, 9.17) is 9.47 Å². The second kappa shape index (κ2) is 2.69. The van der Waals surface area contributed by atoms with Crippen molar-refractivity contribution < 1.29 is 9.47 Å². The van der Waals surface area contributed by atoms with Gasteiger partial charge in [-0.2, -0.15) is 0 Å². The SMILES string of the molecule is CN1CCC2OC(C)(C)OC2C1. The van der Waals surface area contributed by atoms with Crippen LogP contribution in [-0.2, 0) is 9.47 Å². The van der Waals surface area contributed by atoms with Crippen LogP contribution in [0.2, 0.25) is 0 Å². The van der Waals surface area contributed by atoms with Crippen LogP contribution in [-0.4, -0.2) is 43.0 Å². The summed E-state index contributed by atoms with van der Waals surface area (Å²) in [5, 5.41) is 0. The lowest BCUT2D eigenvalue weighted by Gasteiger charge is -2.29. The van der Waals surface area contributed by atoms with E-state index in [9.17, 15) is 0 Å². The number of rotatable bonds is 0. The molecule has 0 aromatic heterocycles. The van der Waals surface area contributed by atoms with E-state index in [1.165, 1.54) is 0 Å². The summed E-state index contributed by atoms with van der Waals surface area (Å²) >= 11 is 0. The molecule has 0 aromatic carbocycles. The van der Waals surface area contributed by atoms with Crippen molar-refractivity contribution in [2.45, 2.75) is 38.3 Å². The van der Waals surface area contributed by atoms with Crippen molar-refractivity contribution in [3.05, 3.63) is 0 Å². The summed E-state index contributed by atoms with van der Waals surface area (Å²) in [5.41, 5.74) is 0. The molecule has 0 radical (unpaired) electrons. The standard InChI is InChI=1S/C9H17NO2/c1-9(2)11-7-4-5-10(3)6-8(7)12-9/h7-8H,4-6H2,1-3H3. The van der Waals surface area contributed by atoms with Gasteiger partial charge in [0, 0.05) is 13.1 Å². The van der Waals surface area contributed by atoms with Gasteiger partial charge in [0.1, 0.15) is 0 Å². The van der Waals surface area contributed by atoms with E-state index in [0.717, 1.165) is 19.5 Å². The van der Waals surface area contributed by atoms with Crippen LogP contribution in [0.5, 0.6) is 0 Å². The summed E-state index contributed by atoms with van der Waals surface area (Å²) in [6, 6.07) is 0. The minimum atomic E-state index is -0.361.